The van der Waals surface area contributed by atoms with Crippen molar-refractivity contribution in [1.29, 1.82) is 0 Å². The molecule has 0 bridgehead atoms. The fourth-order valence-corrected chi connectivity index (χ4v) is 3.04. The minimum atomic E-state index is -0.563. The molecule has 4 rings (SSSR count). The van der Waals surface area contributed by atoms with Crippen molar-refractivity contribution >= 4 is 22.6 Å². The number of anilines is 1. The van der Waals surface area contributed by atoms with Crippen molar-refractivity contribution in [2.45, 2.75) is 13.8 Å². The second-order valence-corrected chi connectivity index (χ2v) is 6.57. The number of hydrogen-bond acceptors (Lipinski definition) is 2. The zero-order valence-electron chi connectivity index (χ0n) is 15.0. The molecule has 0 unspecified atom stereocenters. The molecule has 0 radical (unpaired) electrons. The summed E-state index contributed by atoms with van der Waals surface area (Å²) in [6, 6.07) is 18.1. The van der Waals surface area contributed by atoms with Gasteiger partial charge in [-0.2, -0.15) is 5.10 Å². The number of nitrogens with zero attached hydrogens (tertiary/aromatic N) is 1. The highest BCUT2D eigenvalue weighted by Crippen LogP contribution is 2.28. The molecule has 4 nitrogen and oxygen atoms in total. The molecule has 0 aliphatic heterocycles. The maximum absolute atomic E-state index is 13.8. The monoisotopic (exact) mass is 359 g/mol. The van der Waals surface area contributed by atoms with Gasteiger partial charge >= 0.3 is 0 Å². The number of hydrogen-bond donors (Lipinski definition) is 2. The fourth-order valence-electron chi connectivity index (χ4n) is 3.04. The number of carbonyl (C=O) groups is 1. The van der Waals surface area contributed by atoms with Crippen molar-refractivity contribution in [1.82, 2.24) is 10.2 Å². The van der Waals surface area contributed by atoms with Gasteiger partial charge in [0.05, 0.1) is 11.1 Å². The number of rotatable bonds is 3. The lowest BCUT2D eigenvalue weighted by molar-refractivity contribution is 0.102. The van der Waals surface area contributed by atoms with Gasteiger partial charge in [-0.15, -0.1) is 0 Å². The van der Waals surface area contributed by atoms with Crippen LogP contribution in [0, 0.1) is 19.7 Å². The van der Waals surface area contributed by atoms with E-state index in [-0.39, 0.29) is 5.56 Å². The van der Waals surface area contributed by atoms with E-state index in [2.05, 4.69) is 47.6 Å². The normalized spacial score (nSPS) is 10.9. The van der Waals surface area contributed by atoms with E-state index in [9.17, 15) is 9.18 Å². The number of H-pyrrole nitrogens is 1. The van der Waals surface area contributed by atoms with E-state index in [1.807, 2.05) is 18.2 Å². The van der Waals surface area contributed by atoms with Gasteiger partial charge in [0.2, 0.25) is 0 Å². The Balaban J connectivity index is 1.65. The summed E-state index contributed by atoms with van der Waals surface area (Å²) in [5.41, 5.74) is 5.44. The van der Waals surface area contributed by atoms with E-state index in [1.165, 1.54) is 23.3 Å². The lowest BCUT2D eigenvalue weighted by Gasteiger charge is -2.06. The number of halogens is 1. The first-order valence-corrected chi connectivity index (χ1v) is 8.64. The lowest BCUT2D eigenvalue weighted by Crippen LogP contribution is -2.14. The molecule has 2 N–H and O–H groups in total. The molecule has 1 amide bonds. The summed E-state index contributed by atoms with van der Waals surface area (Å²) in [5, 5.41) is 10.6. The zero-order chi connectivity index (χ0) is 19.0. The number of nitrogens with one attached hydrogen (secondary N) is 2. The fraction of sp³-hybridized carbons (Fsp3) is 0.0909. The minimum Gasteiger partial charge on any atom is -0.304 e. The second kappa shape index (κ2) is 6.68. The highest BCUT2D eigenvalue weighted by atomic mass is 19.1. The molecule has 1 heterocycles. The number of aromatic nitrogens is 2. The van der Waals surface area contributed by atoms with E-state index in [1.54, 1.807) is 12.1 Å². The van der Waals surface area contributed by atoms with Crippen molar-refractivity contribution in [2.24, 2.45) is 0 Å². The summed E-state index contributed by atoms with van der Waals surface area (Å²) in [7, 11) is 0. The standard InChI is InChI=1S/C22H18FN3O/c1-13-7-8-15(11-14(13)2)16-9-10-18-20(12-16)25-26-21(18)24-22(27)17-5-3-4-6-19(17)23/h3-12H,1-2H3,(H2,24,25,26,27). The quantitative estimate of drug-likeness (QED) is 0.526. The largest absolute Gasteiger partial charge is 0.304 e. The van der Waals surface area contributed by atoms with Crippen LogP contribution in [0.2, 0.25) is 0 Å². The average Bonchev–Trinajstić information content (AvgIpc) is 3.06. The maximum Gasteiger partial charge on any atom is 0.259 e. The average molecular weight is 359 g/mol. The van der Waals surface area contributed by atoms with Crippen LogP contribution in [0.5, 0.6) is 0 Å². The van der Waals surface area contributed by atoms with Crippen LogP contribution in [0.3, 0.4) is 0 Å². The number of aromatic amines is 1. The topological polar surface area (TPSA) is 57.8 Å². The Kier molecular flexibility index (Phi) is 4.20. The lowest BCUT2D eigenvalue weighted by atomic mass is 10.00. The molecule has 0 spiro atoms. The summed E-state index contributed by atoms with van der Waals surface area (Å²) < 4.78 is 13.8. The van der Waals surface area contributed by atoms with E-state index < -0.39 is 11.7 Å². The highest BCUT2D eigenvalue weighted by molar-refractivity contribution is 6.08. The first kappa shape index (κ1) is 17.0. The molecule has 0 saturated carbocycles. The van der Waals surface area contributed by atoms with Crippen LogP contribution in [-0.2, 0) is 0 Å². The molecule has 0 aliphatic carbocycles. The number of benzene rings is 3. The predicted octanol–water partition coefficient (Wildman–Crippen LogP) is 5.24. The predicted molar refractivity (Wildman–Crippen MR) is 105 cm³/mol. The van der Waals surface area contributed by atoms with Gasteiger partial charge in [0, 0.05) is 5.39 Å². The molecule has 0 fully saturated rings. The van der Waals surface area contributed by atoms with Crippen LogP contribution in [0.1, 0.15) is 21.5 Å². The molecule has 0 aliphatic rings. The summed E-state index contributed by atoms with van der Waals surface area (Å²) in [6.45, 7) is 4.17. The molecule has 3 aromatic carbocycles. The van der Waals surface area contributed by atoms with Gasteiger partial charge in [-0.3, -0.25) is 9.89 Å². The molecule has 1 aromatic heterocycles. The Morgan fingerprint density at radius 2 is 1.70 bits per heavy atom. The van der Waals surface area contributed by atoms with Gasteiger partial charge in [0.25, 0.3) is 5.91 Å². The van der Waals surface area contributed by atoms with E-state index in [4.69, 9.17) is 0 Å². The summed E-state index contributed by atoms with van der Waals surface area (Å²) in [4.78, 5) is 12.3. The van der Waals surface area contributed by atoms with Crippen LogP contribution >= 0.6 is 0 Å². The SMILES string of the molecule is Cc1ccc(-c2ccc3c(NC(=O)c4ccccc4F)n[nH]c3c2)cc1C. The summed E-state index contributed by atoms with van der Waals surface area (Å²) in [6.07, 6.45) is 0. The Labute approximate surface area is 156 Å². The van der Waals surface area contributed by atoms with Crippen molar-refractivity contribution in [3.8, 4) is 11.1 Å². The number of fused-ring (bicyclic) bond motifs is 1. The third kappa shape index (κ3) is 3.19. The van der Waals surface area contributed by atoms with E-state index in [0.717, 1.165) is 22.0 Å². The Morgan fingerprint density at radius 3 is 2.48 bits per heavy atom. The van der Waals surface area contributed by atoms with Crippen LogP contribution in [0.4, 0.5) is 10.2 Å². The first-order chi connectivity index (χ1) is 13.0. The number of aryl methyl sites for hydroxylation is 2. The molecule has 134 valence electrons. The molecular weight excluding hydrogens is 341 g/mol. The second-order valence-electron chi connectivity index (χ2n) is 6.57. The number of amides is 1. The Hall–Kier alpha value is -3.47. The Morgan fingerprint density at radius 1 is 0.963 bits per heavy atom. The van der Waals surface area contributed by atoms with Crippen LogP contribution < -0.4 is 5.32 Å². The van der Waals surface area contributed by atoms with E-state index in [0.29, 0.717) is 5.82 Å². The van der Waals surface area contributed by atoms with Gasteiger partial charge in [-0.1, -0.05) is 36.4 Å². The molecule has 4 aromatic rings. The Bertz CT molecular complexity index is 1160. The summed E-state index contributed by atoms with van der Waals surface area (Å²) >= 11 is 0. The van der Waals surface area contributed by atoms with Crippen LogP contribution in [0.25, 0.3) is 22.0 Å². The molecular formula is C22H18FN3O. The number of carbonyl (C=O) groups excluding carboxylic acids is 1. The molecule has 5 heteroatoms. The van der Waals surface area contributed by atoms with Crippen molar-refractivity contribution < 1.29 is 9.18 Å². The van der Waals surface area contributed by atoms with Crippen LogP contribution in [0.15, 0.2) is 60.7 Å². The van der Waals surface area contributed by atoms with E-state index >= 15 is 0 Å². The third-order valence-electron chi connectivity index (χ3n) is 4.75. The highest BCUT2D eigenvalue weighted by Gasteiger charge is 2.14. The molecule has 0 saturated heterocycles. The van der Waals surface area contributed by atoms with Gasteiger partial charge in [0.15, 0.2) is 5.82 Å². The third-order valence-corrected chi connectivity index (χ3v) is 4.75. The van der Waals surface area contributed by atoms with Crippen molar-refractivity contribution in [3.05, 3.63) is 83.2 Å². The van der Waals surface area contributed by atoms with Crippen LogP contribution in [-0.4, -0.2) is 16.1 Å². The van der Waals surface area contributed by atoms with Gasteiger partial charge in [0.1, 0.15) is 5.82 Å². The molecule has 27 heavy (non-hydrogen) atoms. The maximum atomic E-state index is 13.8. The van der Waals surface area contributed by atoms with Gasteiger partial charge in [-0.05, 0) is 60.4 Å². The summed E-state index contributed by atoms with van der Waals surface area (Å²) in [5.74, 6) is -0.712. The zero-order valence-corrected chi connectivity index (χ0v) is 15.0. The van der Waals surface area contributed by atoms with Gasteiger partial charge < -0.3 is 5.32 Å². The smallest absolute Gasteiger partial charge is 0.259 e. The van der Waals surface area contributed by atoms with Crippen molar-refractivity contribution in [2.75, 3.05) is 5.32 Å². The first-order valence-electron chi connectivity index (χ1n) is 8.64. The van der Waals surface area contributed by atoms with Gasteiger partial charge in [-0.25, -0.2) is 4.39 Å². The molecule has 0 atom stereocenters. The minimum absolute atomic E-state index is 0.0135. The van der Waals surface area contributed by atoms with Crippen molar-refractivity contribution in [3.63, 3.8) is 0 Å².